The van der Waals surface area contributed by atoms with Crippen molar-refractivity contribution >= 4 is 0 Å². The molecule has 1 aliphatic rings. The number of aliphatic hydroxyl groups is 1. The number of likely N-dealkylation sites (tertiary alicyclic amines) is 1. The third-order valence-corrected chi connectivity index (χ3v) is 4.10. The maximum atomic E-state index is 9.93. The molecule has 0 radical (unpaired) electrons. The van der Waals surface area contributed by atoms with E-state index in [4.69, 9.17) is 4.52 Å². The van der Waals surface area contributed by atoms with Gasteiger partial charge in [0.1, 0.15) is 0 Å². The molecule has 0 saturated carbocycles. The molecule has 0 spiro atoms. The van der Waals surface area contributed by atoms with Crippen LogP contribution in [0.15, 0.2) is 28.8 Å². The zero-order valence-electron chi connectivity index (χ0n) is 12.5. The molecule has 2 unspecified atom stereocenters. The van der Waals surface area contributed by atoms with Gasteiger partial charge < -0.3 is 9.63 Å². The predicted molar refractivity (Wildman–Crippen MR) is 79.5 cm³/mol. The molecule has 1 aliphatic heterocycles. The maximum absolute atomic E-state index is 9.93. The molecule has 1 fully saturated rings. The van der Waals surface area contributed by atoms with Crippen LogP contribution in [-0.2, 0) is 6.54 Å². The van der Waals surface area contributed by atoms with Gasteiger partial charge in [0, 0.05) is 12.1 Å². The first-order valence-electron chi connectivity index (χ1n) is 7.42. The number of aromatic nitrogens is 2. The van der Waals surface area contributed by atoms with Crippen molar-refractivity contribution < 1.29 is 9.63 Å². The number of aryl methyl sites for hydroxylation is 1. The molecule has 0 aliphatic carbocycles. The zero-order valence-corrected chi connectivity index (χ0v) is 12.5. The van der Waals surface area contributed by atoms with Crippen molar-refractivity contribution in [1.29, 1.82) is 0 Å². The Kier molecular flexibility index (Phi) is 4.03. The van der Waals surface area contributed by atoms with Gasteiger partial charge >= 0.3 is 0 Å². The van der Waals surface area contributed by atoms with Gasteiger partial charge in [-0.2, -0.15) is 4.98 Å². The Morgan fingerprint density at radius 3 is 3.05 bits per heavy atom. The normalized spacial score (nSPS) is 23.4. The summed E-state index contributed by atoms with van der Waals surface area (Å²) in [6, 6.07) is 8.02. The highest BCUT2D eigenvalue weighted by Crippen LogP contribution is 2.21. The van der Waals surface area contributed by atoms with Crippen LogP contribution in [0.4, 0.5) is 0 Å². The number of rotatable bonds is 3. The molecule has 1 aromatic heterocycles. The van der Waals surface area contributed by atoms with Crippen molar-refractivity contribution in [2.45, 2.75) is 32.9 Å². The minimum absolute atomic E-state index is 0.262. The van der Waals surface area contributed by atoms with Crippen molar-refractivity contribution in [2.24, 2.45) is 5.92 Å². The molecule has 5 nitrogen and oxygen atoms in total. The van der Waals surface area contributed by atoms with Gasteiger partial charge in [0.25, 0.3) is 5.89 Å². The van der Waals surface area contributed by atoms with E-state index in [1.807, 2.05) is 31.2 Å². The summed E-state index contributed by atoms with van der Waals surface area (Å²) in [6.45, 7) is 6.39. The Hall–Kier alpha value is -1.72. The standard InChI is InChI=1S/C16H21N3O2/c1-11-4-3-5-13(8-11)16-17-15(18-21-16)10-19-7-6-12(2)14(20)9-19/h3-5,8,12,14,20H,6-7,9-10H2,1-2H3. The Labute approximate surface area is 124 Å². The van der Waals surface area contributed by atoms with E-state index in [-0.39, 0.29) is 6.10 Å². The fourth-order valence-electron chi connectivity index (χ4n) is 2.67. The predicted octanol–water partition coefficient (Wildman–Crippen LogP) is 2.25. The second kappa shape index (κ2) is 5.95. The molecule has 2 heterocycles. The van der Waals surface area contributed by atoms with E-state index in [0.717, 1.165) is 18.5 Å². The van der Waals surface area contributed by atoms with Crippen molar-refractivity contribution in [2.75, 3.05) is 13.1 Å². The van der Waals surface area contributed by atoms with Crippen molar-refractivity contribution in [1.82, 2.24) is 15.0 Å². The minimum atomic E-state index is -0.262. The first-order chi connectivity index (χ1) is 10.1. The van der Waals surface area contributed by atoms with Gasteiger partial charge in [0.05, 0.1) is 12.6 Å². The first-order valence-corrected chi connectivity index (χ1v) is 7.42. The number of β-amino-alcohol motifs (C(OH)–C–C–N with tert-alkyl or cyclic N) is 1. The van der Waals surface area contributed by atoms with Crippen LogP contribution in [0.2, 0.25) is 0 Å². The van der Waals surface area contributed by atoms with Gasteiger partial charge in [-0.05, 0) is 37.9 Å². The summed E-state index contributed by atoms with van der Waals surface area (Å²) < 4.78 is 5.34. The molecule has 5 heteroatoms. The molecule has 3 rings (SSSR count). The second-order valence-corrected chi connectivity index (χ2v) is 5.95. The molecular formula is C16H21N3O2. The molecular weight excluding hydrogens is 266 g/mol. The minimum Gasteiger partial charge on any atom is -0.392 e. The van der Waals surface area contributed by atoms with Gasteiger partial charge in [-0.15, -0.1) is 0 Å². The molecule has 2 atom stereocenters. The summed E-state index contributed by atoms with van der Waals surface area (Å²) in [6.07, 6.45) is 0.742. The lowest BCUT2D eigenvalue weighted by Crippen LogP contribution is -2.42. The summed E-state index contributed by atoms with van der Waals surface area (Å²) in [5.74, 6) is 1.60. The van der Waals surface area contributed by atoms with E-state index >= 15 is 0 Å². The largest absolute Gasteiger partial charge is 0.392 e. The highest BCUT2D eigenvalue weighted by Gasteiger charge is 2.25. The van der Waals surface area contributed by atoms with Crippen LogP contribution in [0.5, 0.6) is 0 Å². The molecule has 0 bridgehead atoms. The quantitative estimate of drug-likeness (QED) is 0.938. The second-order valence-electron chi connectivity index (χ2n) is 5.95. The van der Waals surface area contributed by atoms with Gasteiger partial charge in [-0.3, -0.25) is 4.90 Å². The van der Waals surface area contributed by atoms with Crippen LogP contribution < -0.4 is 0 Å². The number of piperidine rings is 1. The van der Waals surface area contributed by atoms with Gasteiger partial charge in [0.15, 0.2) is 5.82 Å². The van der Waals surface area contributed by atoms with E-state index in [2.05, 4.69) is 22.0 Å². The number of aliphatic hydroxyl groups excluding tert-OH is 1. The summed E-state index contributed by atoms with van der Waals surface area (Å²) in [5, 5.41) is 14.0. The van der Waals surface area contributed by atoms with Gasteiger partial charge in [-0.25, -0.2) is 0 Å². The summed E-state index contributed by atoms with van der Waals surface area (Å²) in [5.41, 5.74) is 2.11. The van der Waals surface area contributed by atoms with Crippen LogP contribution in [0.3, 0.4) is 0 Å². The molecule has 2 aromatic rings. The van der Waals surface area contributed by atoms with E-state index < -0.39 is 0 Å². The molecule has 21 heavy (non-hydrogen) atoms. The van der Waals surface area contributed by atoms with E-state index in [1.54, 1.807) is 0 Å². The SMILES string of the molecule is Cc1cccc(-c2nc(CN3CCC(C)C(O)C3)no2)c1. The number of benzene rings is 1. The lowest BCUT2D eigenvalue weighted by molar-refractivity contribution is 0.0246. The van der Waals surface area contributed by atoms with Crippen molar-refractivity contribution in [3.05, 3.63) is 35.7 Å². The van der Waals surface area contributed by atoms with Gasteiger partial charge in [0.2, 0.25) is 0 Å². The van der Waals surface area contributed by atoms with Crippen LogP contribution in [0.1, 0.15) is 24.7 Å². The highest BCUT2D eigenvalue weighted by atomic mass is 16.5. The van der Waals surface area contributed by atoms with Crippen LogP contribution in [0.25, 0.3) is 11.5 Å². The number of hydrogen-bond donors (Lipinski definition) is 1. The number of hydrogen-bond acceptors (Lipinski definition) is 5. The number of nitrogens with zero attached hydrogens (tertiary/aromatic N) is 3. The molecule has 112 valence electrons. The summed E-state index contributed by atoms with van der Waals surface area (Å²) in [7, 11) is 0. The zero-order chi connectivity index (χ0) is 14.8. The maximum Gasteiger partial charge on any atom is 0.257 e. The Balaban J connectivity index is 1.68. The molecule has 1 N–H and O–H groups in total. The lowest BCUT2D eigenvalue weighted by atomic mass is 9.96. The van der Waals surface area contributed by atoms with E-state index in [1.165, 1.54) is 5.56 Å². The molecule has 1 saturated heterocycles. The smallest absolute Gasteiger partial charge is 0.257 e. The van der Waals surface area contributed by atoms with E-state index in [0.29, 0.717) is 30.7 Å². The Bertz CT molecular complexity index is 611. The summed E-state index contributed by atoms with van der Waals surface area (Å²) in [4.78, 5) is 6.63. The molecule has 1 aromatic carbocycles. The summed E-state index contributed by atoms with van der Waals surface area (Å²) >= 11 is 0. The Morgan fingerprint density at radius 1 is 1.43 bits per heavy atom. The van der Waals surface area contributed by atoms with Crippen LogP contribution >= 0.6 is 0 Å². The highest BCUT2D eigenvalue weighted by molar-refractivity contribution is 5.53. The topological polar surface area (TPSA) is 62.4 Å². The average molecular weight is 287 g/mol. The fraction of sp³-hybridized carbons (Fsp3) is 0.500. The van der Waals surface area contributed by atoms with Crippen LogP contribution in [0, 0.1) is 12.8 Å². The first kappa shape index (κ1) is 14.2. The third-order valence-electron chi connectivity index (χ3n) is 4.10. The Morgan fingerprint density at radius 2 is 2.29 bits per heavy atom. The monoisotopic (exact) mass is 287 g/mol. The fourth-order valence-corrected chi connectivity index (χ4v) is 2.67. The molecule has 0 amide bonds. The van der Waals surface area contributed by atoms with E-state index in [9.17, 15) is 5.11 Å². The van der Waals surface area contributed by atoms with Crippen LogP contribution in [-0.4, -0.2) is 39.3 Å². The van der Waals surface area contributed by atoms with Crippen molar-refractivity contribution in [3.8, 4) is 11.5 Å². The van der Waals surface area contributed by atoms with Crippen molar-refractivity contribution in [3.63, 3.8) is 0 Å². The average Bonchev–Trinajstić information content (AvgIpc) is 2.91. The van der Waals surface area contributed by atoms with Gasteiger partial charge in [-0.1, -0.05) is 29.8 Å². The lowest BCUT2D eigenvalue weighted by Gasteiger charge is -2.33. The third kappa shape index (κ3) is 3.31.